The highest BCUT2D eigenvalue weighted by molar-refractivity contribution is 7.80. The maximum atomic E-state index is 14.9. The summed E-state index contributed by atoms with van der Waals surface area (Å²) in [4.78, 5) is 233. The molecule has 130 heavy (non-hydrogen) atoms. The zero-order chi connectivity index (χ0) is 95.4. The van der Waals surface area contributed by atoms with Crippen LogP contribution in [0.4, 0.5) is 5.69 Å². The van der Waals surface area contributed by atoms with E-state index in [4.69, 9.17) is 53.8 Å². The lowest BCUT2D eigenvalue weighted by atomic mass is 9.77. The summed E-state index contributed by atoms with van der Waals surface area (Å²) in [5.74, 6) is -19.4. The number of primary amides is 2. The van der Waals surface area contributed by atoms with E-state index >= 15 is 0 Å². The summed E-state index contributed by atoms with van der Waals surface area (Å²) in [5.41, 5.74) is 17.3. The summed E-state index contributed by atoms with van der Waals surface area (Å²) in [5, 5.41) is 93.5. The Morgan fingerprint density at radius 1 is 0.608 bits per heavy atom. The molecular formula is C84H111N19O26S. The van der Waals surface area contributed by atoms with Gasteiger partial charge in [0.2, 0.25) is 82.7 Å². The number of aliphatic carboxylic acids is 2. The second-order valence-electron chi connectivity index (χ2n) is 32.0. The average Bonchev–Trinajstić information content (AvgIpc) is 1.51. The van der Waals surface area contributed by atoms with Crippen LogP contribution in [-0.2, 0) is 103 Å². The number of guanidine groups is 1. The third-order valence-electron chi connectivity index (χ3n) is 21.5. The molecule has 46 heteroatoms. The summed E-state index contributed by atoms with van der Waals surface area (Å²) in [7, 11) is 0. The van der Waals surface area contributed by atoms with Crippen LogP contribution >= 0.6 is 12.2 Å². The average molecular weight is 1830 g/mol. The van der Waals surface area contributed by atoms with Crippen LogP contribution in [-0.4, -0.2) is 267 Å². The van der Waals surface area contributed by atoms with Crippen LogP contribution in [0.2, 0.25) is 0 Å². The summed E-state index contributed by atoms with van der Waals surface area (Å²) in [6.45, 7) is 6.05. The number of aromatic hydroxyl groups is 2. The molecule has 8 rings (SSSR count). The molecule has 26 N–H and O–H groups in total. The Bertz CT molecular complexity index is 4840. The smallest absolute Gasteiger partial charge is 0.340 e. The van der Waals surface area contributed by atoms with Gasteiger partial charge in [0.25, 0.3) is 0 Å². The van der Waals surface area contributed by atoms with Crippen LogP contribution in [0.3, 0.4) is 0 Å². The third-order valence-corrected chi connectivity index (χ3v) is 21.7. The maximum Gasteiger partial charge on any atom is 0.340 e. The maximum absolute atomic E-state index is 14.9. The number of anilines is 1. The number of likely N-dealkylation sites (tertiary alicyclic amines) is 1. The number of hydrogen-bond donors (Lipinski definition) is 23. The van der Waals surface area contributed by atoms with Gasteiger partial charge in [0.1, 0.15) is 102 Å². The van der Waals surface area contributed by atoms with E-state index in [9.17, 15) is 107 Å². The first-order valence-corrected chi connectivity index (χ1v) is 42.4. The van der Waals surface area contributed by atoms with Crippen molar-refractivity contribution in [3.63, 3.8) is 0 Å². The largest absolute Gasteiger partial charge is 0.508 e. The lowest BCUT2D eigenvalue weighted by molar-refractivity contribution is -0.143. The number of carbonyl (C=O) groups excluding carboxylic acids is 15. The Morgan fingerprint density at radius 2 is 1.21 bits per heavy atom. The molecule has 4 aliphatic rings. The molecule has 0 saturated carbocycles. The highest BCUT2D eigenvalue weighted by Crippen LogP contribution is 2.57. The minimum atomic E-state index is -1.98. The number of nitrogens with zero attached hydrogens (tertiary/aromatic N) is 1. The van der Waals surface area contributed by atoms with Gasteiger partial charge in [0.15, 0.2) is 16.7 Å². The van der Waals surface area contributed by atoms with Gasteiger partial charge in [-0.1, -0.05) is 76.9 Å². The molecule has 45 nitrogen and oxygen atoms in total. The van der Waals surface area contributed by atoms with Crippen molar-refractivity contribution < 1.29 is 126 Å². The van der Waals surface area contributed by atoms with Crippen molar-refractivity contribution in [3.8, 4) is 23.0 Å². The van der Waals surface area contributed by atoms with Gasteiger partial charge in [0.05, 0.1) is 44.8 Å². The van der Waals surface area contributed by atoms with Gasteiger partial charge in [-0.25, -0.2) is 4.79 Å². The lowest BCUT2D eigenvalue weighted by Crippen LogP contribution is -2.62. The van der Waals surface area contributed by atoms with Crippen molar-refractivity contribution in [2.45, 2.75) is 196 Å². The molecule has 2 saturated heterocycles. The zero-order valence-electron chi connectivity index (χ0n) is 71.9. The number of ether oxygens (including phenoxy) is 4. The summed E-state index contributed by atoms with van der Waals surface area (Å²) < 4.78 is 23.2. The van der Waals surface area contributed by atoms with E-state index in [1.807, 2.05) is 0 Å². The van der Waals surface area contributed by atoms with Crippen LogP contribution in [0, 0.1) is 17.2 Å². The van der Waals surface area contributed by atoms with Gasteiger partial charge in [-0.3, -0.25) is 82.1 Å². The van der Waals surface area contributed by atoms with E-state index in [0.717, 1.165) is 6.92 Å². The molecule has 12 atom stereocenters. The van der Waals surface area contributed by atoms with Gasteiger partial charge in [-0.15, -0.1) is 0 Å². The van der Waals surface area contributed by atoms with E-state index in [2.05, 4.69) is 74.4 Å². The summed E-state index contributed by atoms with van der Waals surface area (Å²) >= 11 is 5.50. The molecule has 0 aromatic heterocycles. The molecule has 704 valence electrons. The molecule has 1 spiro atoms. The topological polar surface area (TPSA) is 702 Å². The fourth-order valence-corrected chi connectivity index (χ4v) is 15.0. The minimum absolute atomic E-state index is 0.0108. The quantitative estimate of drug-likeness (QED) is 0.00670. The van der Waals surface area contributed by atoms with E-state index in [-0.39, 0.29) is 131 Å². The van der Waals surface area contributed by atoms with Crippen LogP contribution < -0.4 is 96.4 Å². The molecule has 14 amide bonds. The molecule has 4 heterocycles. The molecule has 0 unspecified atom stereocenters. The van der Waals surface area contributed by atoms with Gasteiger partial charge in [-0.05, 0) is 118 Å². The second-order valence-corrected chi connectivity index (χ2v) is 32.4. The number of nitrogens with one attached hydrogen (secondary N) is 15. The number of benzene rings is 4. The SMILES string of the molecule is CC(C)[C@H](NC(=O)[C@H](CCCNC(=N)N)NC(=O)[C@H](CO)NC(=O)COCCOCCNC(=S)Nc1ccc2c(c1)C(=O)OC21c2ccc(O)cc2Oc2cc(O)ccc21)C(=O)N[C@H](C(=O)N1CCC[C@H]1C(=O)N[C@H]1CCCC[C@H](C(=O)N[C@@H](CC(=O)O)C(=O)N[C@@H](C)C(=O)N[C@@H](CC(=O)O)C(N)=O)NC(=O)[C@H](Cc2ccccc2)NC(=O)[C@H](CCC(N)=O)NC1=O)C(C)C. The third kappa shape index (κ3) is 28.6. The minimum Gasteiger partial charge on any atom is -0.508 e. The predicted octanol–water partition coefficient (Wildman–Crippen LogP) is -3.59. The van der Waals surface area contributed by atoms with Gasteiger partial charge in [0, 0.05) is 67.0 Å². The van der Waals surface area contributed by atoms with E-state index in [1.54, 1.807) is 88.4 Å². The summed E-state index contributed by atoms with van der Waals surface area (Å²) in [6.07, 6.45) is -3.84. The first-order valence-electron chi connectivity index (χ1n) is 42.0. The van der Waals surface area contributed by atoms with Crippen LogP contribution in [0.25, 0.3) is 0 Å². The van der Waals surface area contributed by atoms with Crippen LogP contribution in [0.5, 0.6) is 23.0 Å². The van der Waals surface area contributed by atoms with E-state index < -0.39 is 235 Å². The van der Waals surface area contributed by atoms with Crippen molar-refractivity contribution in [3.05, 3.63) is 113 Å². The van der Waals surface area contributed by atoms with Crippen molar-refractivity contribution in [2.75, 3.05) is 58.0 Å². The number of carboxylic acids is 2. The number of amides is 14. The van der Waals surface area contributed by atoms with E-state index in [1.165, 1.54) is 29.2 Å². The van der Waals surface area contributed by atoms with Crippen LogP contribution in [0.15, 0.2) is 84.9 Å². The number of carboxylic acid groups (broad SMARTS) is 2. The van der Waals surface area contributed by atoms with Crippen LogP contribution in [0.1, 0.15) is 144 Å². The predicted molar refractivity (Wildman–Crippen MR) is 462 cm³/mol. The zero-order valence-corrected chi connectivity index (χ0v) is 72.7. The van der Waals surface area contributed by atoms with E-state index in [0.29, 0.717) is 27.9 Å². The molecular weight excluding hydrogens is 1720 g/mol. The highest BCUT2D eigenvalue weighted by Gasteiger charge is 2.54. The number of aliphatic hydroxyl groups is 1. The number of hydrogen-bond acceptors (Lipinski definition) is 26. The molecule has 0 bridgehead atoms. The molecule has 0 radical (unpaired) electrons. The first-order chi connectivity index (χ1) is 61.7. The number of phenolic OH excluding ortho intramolecular Hbond substituents is 2. The van der Waals surface area contributed by atoms with Gasteiger partial charge in [-0.2, -0.15) is 0 Å². The van der Waals surface area contributed by atoms with Gasteiger partial charge >= 0.3 is 17.9 Å². The molecule has 4 aromatic rings. The first kappa shape index (κ1) is 102. The number of rotatable bonds is 42. The standard InChI is InChI=1S/C84H111N19O26S/c1-41(2)67(101-74(118)54(17-11-27-89-82(87)88)95-77(121)59(39-104)93-64(108)40-127-32-31-126-30-28-90-83(130)92-45-19-22-49-48(34-45)81(125)129-84(49)50-23-20-46(105)35-61(50)128-62-36-47(106)21-24-51(62)84)79(123)102-68(42(3)4)80(124)103-29-12-18-60(103)78(122)97-53-16-10-9-15-52(72(116)100-58(38-66(111)112)75(119)91-43(5)70(114)98-56(69(86)113)37-65(109)110)94-76(120)57(33-44-13-7-6-8-14-44)99-73(117)55(96-71(53)115)25-26-63(85)107/h6-8,13-14,19-24,34-36,41-43,52-60,67-68,104-106H,9-12,15-18,25-33,37-40H2,1-5H3,(H2,85,107)(H2,86,113)(H,91,119)(H,93,108)(H,94,120)(H,95,121)(H,96,115)(H,97,122)(H,98,114)(H,99,117)(H,100,116)(H,101,118)(H,102,123)(H,109,110)(H,111,112)(H4,87,88,89)(H2,90,92,130)/t43-,52+,53-,54-,55-,56-,57-,58-,59-,60-,67-,68-/m0/s1. The molecule has 4 aromatic carbocycles. The second kappa shape index (κ2) is 47.8. The lowest BCUT2D eigenvalue weighted by Gasteiger charge is -2.36. The van der Waals surface area contributed by atoms with Crippen molar-refractivity contribution in [2.24, 2.45) is 29.0 Å². The van der Waals surface area contributed by atoms with Crippen molar-refractivity contribution in [1.82, 2.24) is 74.0 Å². The normalized spacial score (nSPS) is 18.5. The number of fused-ring (bicyclic) bond motifs is 6. The fourth-order valence-electron chi connectivity index (χ4n) is 14.8. The Kier molecular flexibility index (Phi) is 37.3. The Hall–Kier alpha value is -13.9. The number of phenols is 2. The Labute approximate surface area is 750 Å². The Balaban J connectivity index is 0.865. The highest BCUT2D eigenvalue weighted by atomic mass is 32.1. The Morgan fingerprint density at radius 3 is 1.84 bits per heavy atom. The molecule has 2 fully saturated rings. The monoisotopic (exact) mass is 1830 g/mol. The molecule has 0 aliphatic carbocycles. The number of esters is 1. The molecule has 4 aliphatic heterocycles. The fraction of sp³-hybridized carbons (Fsp3) is 0.488. The number of carbonyl (C=O) groups is 17. The van der Waals surface area contributed by atoms with Crippen molar-refractivity contribution >= 4 is 130 Å². The summed E-state index contributed by atoms with van der Waals surface area (Å²) in [6, 6.07) is 2.96. The number of thiocarbonyl (C=S) groups is 1. The van der Waals surface area contributed by atoms with Gasteiger partial charge < -0.3 is 141 Å². The number of nitrogens with two attached hydrogens (primary N) is 3. The van der Waals surface area contributed by atoms with Crippen molar-refractivity contribution in [1.29, 1.82) is 5.41 Å². The number of aliphatic hydroxyl groups excluding tert-OH is 1.